The largest absolute Gasteiger partial charge is 0.481 e. The molecule has 3 N–H and O–H groups in total. The summed E-state index contributed by atoms with van der Waals surface area (Å²) in [4.78, 5) is 36.2. The van der Waals surface area contributed by atoms with Gasteiger partial charge in [0.25, 0.3) is 0 Å². The maximum Gasteiger partial charge on any atom is 0.407 e. The summed E-state index contributed by atoms with van der Waals surface area (Å²) in [6, 6.07) is 16.1. The Bertz CT molecular complexity index is 1020. The fraction of sp³-hybridized carbons (Fsp3) is 0.464. The first-order chi connectivity index (χ1) is 16.9. The third kappa shape index (κ3) is 6.21. The first-order valence-electron chi connectivity index (χ1n) is 12.6. The van der Waals surface area contributed by atoms with Crippen LogP contribution in [0.5, 0.6) is 0 Å². The van der Waals surface area contributed by atoms with E-state index in [-0.39, 0.29) is 49.3 Å². The number of hydrogen-bond donors (Lipinski definition) is 3. The minimum absolute atomic E-state index is 0.00332. The van der Waals surface area contributed by atoms with E-state index in [9.17, 15) is 14.4 Å². The Morgan fingerprint density at radius 1 is 1.03 bits per heavy atom. The number of amides is 2. The molecule has 2 unspecified atom stereocenters. The quantitative estimate of drug-likeness (QED) is 0.453. The van der Waals surface area contributed by atoms with Gasteiger partial charge >= 0.3 is 12.1 Å². The topological polar surface area (TPSA) is 105 Å². The van der Waals surface area contributed by atoms with Crippen LogP contribution in [0.1, 0.15) is 68.9 Å². The number of carbonyl (C=O) groups excluding carboxylic acids is 2. The molecule has 35 heavy (non-hydrogen) atoms. The van der Waals surface area contributed by atoms with Gasteiger partial charge in [-0.05, 0) is 53.9 Å². The molecule has 2 aromatic rings. The molecule has 0 aliphatic heterocycles. The molecular weight excluding hydrogens is 444 g/mol. The van der Waals surface area contributed by atoms with E-state index < -0.39 is 12.1 Å². The SMILES string of the molecule is CCC[C@@H](CC(=O)NC1CCC(CC(=O)O)C1)NC(=O)OCC1c2ccccc2-c2ccccc21. The van der Waals surface area contributed by atoms with Crippen molar-refractivity contribution in [1.29, 1.82) is 0 Å². The number of benzene rings is 2. The number of aliphatic carboxylic acids is 1. The Morgan fingerprint density at radius 2 is 1.69 bits per heavy atom. The van der Waals surface area contributed by atoms with Crippen LogP contribution >= 0.6 is 0 Å². The Kier molecular flexibility index (Phi) is 8.06. The summed E-state index contributed by atoms with van der Waals surface area (Å²) in [5.74, 6) is -0.814. The lowest BCUT2D eigenvalue weighted by Crippen LogP contribution is -2.41. The van der Waals surface area contributed by atoms with Crippen LogP contribution in [-0.4, -0.2) is 41.8 Å². The van der Waals surface area contributed by atoms with E-state index in [2.05, 4.69) is 34.9 Å². The normalized spacial score (nSPS) is 19.5. The van der Waals surface area contributed by atoms with Gasteiger partial charge in [-0.25, -0.2) is 4.79 Å². The first kappa shape index (κ1) is 24.8. The zero-order valence-corrected chi connectivity index (χ0v) is 20.2. The number of carbonyl (C=O) groups is 3. The molecule has 0 spiro atoms. The van der Waals surface area contributed by atoms with Crippen LogP contribution in [0, 0.1) is 5.92 Å². The van der Waals surface area contributed by atoms with Gasteiger partial charge in [-0.15, -0.1) is 0 Å². The van der Waals surface area contributed by atoms with Crippen LogP contribution in [0.2, 0.25) is 0 Å². The molecule has 0 radical (unpaired) electrons. The summed E-state index contributed by atoms with van der Waals surface area (Å²) >= 11 is 0. The molecule has 2 amide bonds. The van der Waals surface area contributed by atoms with E-state index >= 15 is 0 Å². The van der Waals surface area contributed by atoms with Crippen molar-refractivity contribution in [2.45, 2.75) is 69.9 Å². The first-order valence-corrected chi connectivity index (χ1v) is 12.6. The summed E-state index contributed by atoms with van der Waals surface area (Å²) in [6.07, 6.45) is 3.61. The van der Waals surface area contributed by atoms with Crippen LogP contribution in [0.3, 0.4) is 0 Å². The van der Waals surface area contributed by atoms with Crippen molar-refractivity contribution in [2.24, 2.45) is 5.92 Å². The van der Waals surface area contributed by atoms with E-state index in [0.717, 1.165) is 30.4 Å². The van der Waals surface area contributed by atoms with Crippen molar-refractivity contribution in [3.8, 4) is 11.1 Å². The molecule has 0 bridgehead atoms. The molecule has 0 saturated heterocycles. The van der Waals surface area contributed by atoms with Gasteiger partial charge in [-0.3, -0.25) is 9.59 Å². The van der Waals surface area contributed by atoms with Gasteiger partial charge in [-0.1, -0.05) is 61.9 Å². The minimum atomic E-state index is -0.794. The van der Waals surface area contributed by atoms with Crippen molar-refractivity contribution >= 4 is 18.0 Å². The van der Waals surface area contributed by atoms with Crippen molar-refractivity contribution in [3.05, 3.63) is 59.7 Å². The summed E-state index contributed by atoms with van der Waals surface area (Å²) < 4.78 is 5.65. The van der Waals surface area contributed by atoms with Gasteiger partial charge in [0.15, 0.2) is 0 Å². The van der Waals surface area contributed by atoms with Crippen LogP contribution in [0.4, 0.5) is 4.79 Å². The van der Waals surface area contributed by atoms with Gasteiger partial charge in [0.05, 0.1) is 0 Å². The second-order valence-corrected chi connectivity index (χ2v) is 9.70. The van der Waals surface area contributed by atoms with Gasteiger partial charge < -0.3 is 20.5 Å². The number of carboxylic acids is 1. The molecule has 0 heterocycles. The standard InChI is InChI=1S/C28H34N2O5/c1-2-7-19(16-26(31)29-20-13-12-18(14-20)15-27(32)33)30-28(34)35-17-25-23-10-5-3-8-21(23)22-9-4-6-11-24(22)25/h3-6,8-11,18-20,25H,2,7,12-17H2,1H3,(H,29,31)(H,30,34)(H,32,33)/t18?,19-,20?/m0/s1. The molecule has 7 heteroatoms. The molecule has 0 aromatic heterocycles. The average Bonchev–Trinajstić information content (AvgIpc) is 3.39. The predicted molar refractivity (Wildman–Crippen MR) is 133 cm³/mol. The van der Waals surface area contributed by atoms with E-state index in [1.54, 1.807) is 0 Å². The Hall–Kier alpha value is -3.35. The average molecular weight is 479 g/mol. The van der Waals surface area contributed by atoms with Crippen LogP contribution in [0.25, 0.3) is 11.1 Å². The fourth-order valence-corrected chi connectivity index (χ4v) is 5.53. The summed E-state index contributed by atoms with van der Waals surface area (Å²) in [7, 11) is 0. The van der Waals surface area contributed by atoms with Gasteiger partial charge in [0.2, 0.25) is 5.91 Å². The van der Waals surface area contributed by atoms with Crippen LogP contribution in [-0.2, 0) is 14.3 Å². The maximum absolute atomic E-state index is 12.7. The number of ether oxygens (including phenoxy) is 1. The predicted octanol–water partition coefficient (Wildman–Crippen LogP) is 4.84. The lowest BCUT2D eigenvalue weighted by molar-refractivity contribution is -0.138. The van der Waals surface area contributed by atoms with Gasteiger partial charge in [0.1, 0.15) is 6.61 Å². The monoisotopic (exact) mass is 478 g/mol. The molecule has 2 aromatic carbocycles. The Balaban J connectivity index is 1.28. The third-order valence-corrected chi connectivity index (χ3v) is 7.10. The molecular formula is C28H34N2O5. The van der Waals surface area contributed by atoms with Crippen LogP contribution < -0.4 is 10.6 Å². The zero-order valence-electron chi connectivity index (χ0n) is 20.2. The van der Waals surface area contributed by atoms with Gasteiger partial charge in [0, 0.05) is 30.8 Å². The van der Waals surface area contributed by atoms with E-state index in [0.29, 0.717) is 12.8 Å². The highest BCUT2D eigenvalue weighted by atomic mass is 16.5. The number of fused-ring (bicyclic) bond motifs is 3. The van der Waals surface area contributed by atoms with Crippen molar-refractivity contribution in [1.82, 2.24) is 10.6 Å². The third-order valence-electron chi connectivity index (χ3n) is 7.10. The highest BCUT2D eigenvalue weighted by Gasteiger charge is 2.30. The number of nitrogens with one attached hydrogen (secondary N) is 2. The molecule has 1 fully saturated rings. The lowest BCUT2D eigenvalue weighted by atomic mass is 9.98. The van der Waals surface area contributed by atoms with E-state index in [1.165, 1.54) is 11.1 Å². The smallest absolute Gasteiger partial charge is 0.407 e. The van der Waals surface area contributed by atoms with E-state index in [1.807, 2.05) is 31.2 Å². The molecule has 4 rings (SSSR count). The molecule has 186 valence electrons. The molecule has 2 aliphatic rings. The molecule has 3 atom stereocenters. The van der Waals surface area contributed by atoms with Crippen molar-refractivity contribution in [3.63, 3.8) is 0 Å². The van der Waals surface area contributed by atoms with Crippen molar-refractivity contribution < 1.29 is 24.2 Å². The molecule has 1 saturated carbocycles. The Labute approximate surface area is 206 Å². The van der Waals surface area contributed by atoms with Crippen LogP contribution in [0.15, 0.2) is 48.5 Å². The molecule has 2 aliphatic carbocycles. The maximum atomic E-state index is 12.7. The summed E-state index contributed by atoms with van der Waals surface area (Å²) in [6.45, 7) is 2.25. The highest BCUT2D eigenvalue weighted by molar-refractivity contribution is 5.79. The number of carboxylic acid groups (broad SMARTS) is 1. The van der Waals surface area contributed by atoms with E-state index in [4.69, 9.17) is 9.84 Å². The Morgan fingerprint density at radius 3 is 2.31 bits per heavy atom. The molecule has 7 nitrogen and oxygen atoms in total. The highest BCUT2D eigenvalue weighted by Crippen LogP contribution is 2.44. The number of hydrogen-bond acceptors (Lipinski definition) is 4. The fourth-order valence-electron chi connectivity index (χ4n) is 5.53. The number of rotatable bonds is 10. The summed E-state index contributed by atoms with van der Waals surface area (Å²) in [5.41, 5.74) is 4.66. The number of alkyl carbamates (subject to hydrolysis) is 1. The second kappa shape index (κ2) is 11.4. The summed E-state index contributed by atoms with van der Waals surface area (Å²) in [5, 5.41) is 14.9. The second-order valence-electron chi connectivity index (χ2n) is 9.70. The van der Waals surface area contributed by atoms with Gasteiger partial charge in [-0.2, -0.15) is 0 Å². The lowest BCUT2D eigenvalue weighted by Gasteiger charge is -2.20. The minimum Gasteiger partial charge on any atom is -0.481 e. The van der Waals surface area contributed by atoms with Crippen molar-refractivity contribution in [2.75, 3.05) is 6.61 Å². The zero-order chi connectivity index (χ0) is 24.8.